The topological polar surface area (TPSA) is 39.1 Å². The van der Waals surface area contributed by atoms with Gasteiger partial charge >= 0.3 is 0 Å². The maximum atomic E-state index is 8.66. The van der Waals surface area contributed by atoms with Gasteiger partial charge in [-0.2, -0.15) is 5.26 Å². The number of nitrogens with one attached hydrogen (secondary N) is 1. The van der Waals surface area contributed by atoms with E-state index in [-0.39, 0.29) is 0 Å². The second-order valence-electron chi connectivity index (χ2n) is 3.71. The summed E-state index contributed by atoms with van der Waals surface area (Å²) in [4.78, 5) is 4.21. The third kappa shape index (κ3) is 4.93. The van der Waals surface area contributed by atoms with E-state index in [4.69, 9.17) is 5.26 Å². The van der Waals surface area contributed by atoms with Crippen molar-refractivity contribution in [3.63, 3.8) is 0 Å². The molecule has 1 aromatic heterocycles. The molecule has 0 aliphatic rings. The first-order valence-electron chi connectivity index (χ1n) is 5.06. The Labute approximate surface area is 95.3 Å². The zero-order chi connectivity index (χ0) is 11.1. The molecule has 0 bridgehead atoms. The number of hydrogen-bond acceptors (Lipinski definition) is 4. The van der Waals surface area contributed by atoms with Gasteiger partial charge in [0.15, 0.2) is 0 Å². The van der Waals surface area contributed by atoms with Gasteiger partial charge in [0, 0.05) is 11.4 Å². The van der Waals surface area contributed by atoms with E-state index < -0.39 is 0 Å². The molecule has 1 heterocycles. The predicted octanol–water partition coefficient (Wildman–Crippen LogP) is 1.66. The number of nitrogens with zero attached hydrogens (tertiary/aromatic N) is 2. The maximum absolute atomic E-state index is 8.66. The predicted molar refractivity (Wildman–Crippen MR) is 63.9 cm³/mol. The van der Waals surface area contributed by atoms with Crippen LogP contribution in [0.25, 0.3) is 0 Å². The molecule has 0 saturated carbocycles. The summed E-state index contributed by atoms with van der Waals surface area (Å²) in [7, 11) is 4.16. The lowest BCUT2D eigenvalue weighted by Gasteiger charge is -2.09. The van der Waals surface area contributed by atoms with Crippen molar-refractivity contribution < 1.29 is 0 Å². The van der Waals surface area contributed by atoms with E-state index >= 15 is 0 Å². The molecule has 0 aromatic carbocycles. The van der Waals surface area contributed by atoms with E-state index in [9.17, 15) is 0 Å². The van der Waals surface area contributed by atoms with E-state index in [0.29, 0.717) is 0 Å². The molecular weight excluding hydrogens is 206 g/mol. The summed E-state index contributed by atoms with van der Waals surface area (Å²) in [5, 5.41) is 12.0. The van der Waals surface area contributed by atoms with Crippen LogP contribution < -0.4 is 5.32 Å². The zero-order valence-electron chi connectivity index (χ0n) is 9.29. The minimum Gasteiger partial charge on any atom is -0.312 e. The van der Waals surface area contributed by atoms with E-state index in [1.165, 1.54) is 4.88 Å². The highest BCUT2D eigenvalue weighted by atomic mass is 32.1. The molecule has 0 unspecified atom stereocenters. The Morgan fingerprint density at radius 3 is 2.87 bits per heavy atom. The minimum absolute atomic E-state index is 0.792. The van der Waals surface area contributed by atoms with Gasteiger partial charge in [0.05, 0.1) is 0 Å². The summed E-state index contributed by atoms with van der Waals surface area (Å²) in [5.74, 6) is 0. The van der Waals surface area contributed by atoms with Crippen LogP contribution in [0.1, 0.15) is 16.2 Å². The Hall–Kier alpha value is -0.890. The highest BCUT2D eigenvalue weighted by Crippen LogP contribution is 2.14. The SMILES string of the molecule is CN(C)CCCNCc1ccc(C#N)s1. The van der Waals surface area contributed by atoms with E-state index in [2.05, 4.69) is 30.4 Å². The summed E-state index contributed by atoms with van der Waals surface area (Å²) in [6, 6.07) is 6.04. The van der Waals surface area contributed by atoms with Crippen molar-refractivity contribution in [1.82, 2.24) is 10.2 Å². The number of thiophene rings is 1. The van der Waals surface area contributed by atoms with Gasteiger partial charge in [0.1, 0.15) is 10.9 Å². The van der Waals surface area contributed by atoms with Crippen molar-refractivity contribution >= 4 is 11.3 Å². The fraction of sp³-hybridized carbons (Fsp3) is 0.545. The normalized spacial score (nSPS) is 10.5. The van der Waals surface area contributed by atoms with Crippen LogP contribution in [-0.2, 0) is 6.54 Å². The van der Waals surface area contributed by atoms with Crippen molar-refractivity contribution in [2.45, 2.75) is 13.0 Å². The summed E-state index contributed by atoms with van der Waals surface area (Å²) in [6.45, 7) is 3.01. The molecule has 0 saturated heterocycles. The van der Waals surface area contributed by atoms with Gasteiger partial charge in [0.2, 0.25) is 0 Å². The lowest BCUT2D eigenvalue weighted by atomic mass is 10.4. The summed E-state index contributed by atoms with van der Waals surface area (Å²) >= 11 is 1.56. The lowest BCUT2D eigenvalue weighted by molar-refractivity contribution is 0.394. The van der Waals surface area contributed by atoms with Crippen LogP contribution in [0.15, 0.2) is 12.1 Å². The van der Waals surface area contributed by atoms with Crippen LogP contribution in [0.4, 0.5) is 0 Å². The van der Waals surface area contributed by atoms with E-state index in [1.54, 1.807) is 11.3 Å². The fourth-order valence-corrected chi connectivity index (χ4v) is 2.04. The molecule has 0 spiro atoms. The monoisotopic (exact) mass is 223 g/mol. The Morgan fingerprint density at radius 1 is 1.47 bits per heavy atom. The summed E-state index contributed by atoms with van der Waals surface area (Å²) in [5.41, 5.74) is 0. The van der Waals surface area contributed by atoms with Crippen LogP contribution >= 0.6 is 11.3 Å². The zero-order valence-corrected chi connectivity index (χ0v) is 10.1. The molecule has 0 aliphatic carbocycles. The van der Waals surface area contributed by atoms with Crippen LogP contribution in [0.5, 0.6) is 0 Å². The van der Waals surface area contributed by atoms with Crippen molar-refractivity contribution in [2.75, 3.05) is 27.2 Å². The molecule has 0 radical (unpaired) electrons. The Bertz CT molecular complexity index is 325. The molecule has 15 heavy (non-hydrogen) atoms. The van der Waals surface area contributed by atoms with Crippen LogP contribution in [0, 0.1) is 11.3 Å². The third-order valence-electron chi connectivity index (χ3n) is 2.03. The van der Waals surface area contributed by atoms with Crippen LogP contribution in [-0.4, -0.2) is 32.1 Å². The highest BCUT2D eigenvalue weighted by molar-refractivity contribution is 7.12. The van der Waals surface area contributed by atoms with Gasteiger partial charge < -0.3 is 10.2 Å². The number of rotatable bonds is 6. The Balaban J connectivity index is 2.13. The molecule has 0 atom stereocenters. The van der Waals surface area contributed by atoms with E-state index in [1.807, 2.05) is 12.1 Å². The van der Waals surface area contributed by atoms with Gasteiger partial charge in [-0.3, -0.25) is 0 Å². The second-order valence-corrected chi connectivity index (χ2v) is 4.88. The van der Waals surface area contributed by atoms with Gasteiger partial charge in [-0.1, -0.05) is 0 Å². The molecule has 1 N–H and O–H groups in total. The first-order chi connectivity index (χ1) is 7.22. The van der Waals surface area contributed by atoms with Crippen molar-refractivity contribution in [3.8, 4) is 6.07 Å². The molecule has 3 nitrogen and oxygen atoms in total. The molecule has 82 valence electrons. The second kappa shape index (κ2) is 6.57. The molecular formula is C11H17N3S. The van der Waals surface area contributed by atoms with Crippen molar-refractivity contribution in [3.05, 3.63) is 21.9 Å². The summed E-state index contributed by atoms with van der Waals surface area (Å²) in [6.07, 6.45) is 1.16. The summed E-state index contributed by atoms with van der Waals surface area (Å²) < 4.78 is 0. The van der Waals surface area contributed by atoms with E-state index in [0.717, 1.165) is 30.9 Å². The first kappa shape index (κ1) is 12.2. The molecule has 0 fully saturated rings. The fourth-order valence-electron chi connectivity index (χ4n) is 1.26. The molecule has 0 aliphatic heterocycles. The van der Waals surface area contributed by atoms with Gasteiger partial charge in [-0.25, -0.2) is 0 Å². The largest absolute Gasteiger partial charge is 0.312 e. The maximum Gasteiger partial charge on any atom is 0.110 e. The lowest BCUT2D eigenvalue weighted by Crippen LogP contribution is -2.20. The molecule has 4 heteroatoms. The standard InChI is InChI=1S/C11H17N3S/c1-14(2)7-3-6-13-9-11-5-4-10(8-12)15-11/h4-5,13H,3,6-7,9H2,1-2H3. The average Bonchev–Trinajstić information content (AvgIpc) is 2.65. The highest BCUT2D eigenvalue weighted by Gasteiger charge is 1.98. The molecule has 1 aromatic rings. The third-order valence-corrected chi connectivity index (χ3v) is 3.02. The number of hydrogen-bond donors (Lipinski definition) is 1. The van der Waals surface area contributed by atoms with Gasteiger partial charge in [-0.15, -0.1) is 11.3 Å². The van der Waals surface area contributed by atoms with Crippen LogP contribution in [0.3, 0.4) is 0 Å². The van der Waals surface area contributed by atoms with Crippen LogP contribution in [0.2, 0.25) is 0 Å². The Kier molecular flexibility index (Phi) is 5.33. The minimum atomic E-state index is 0.792. The van der Waals surface area contributed by atoms with Gasteiger partial charge in [0.25, 0.3) is 0 Å². The quantitative estimate of drug-likeness (QED) is 0.746. The van der Waals surface area contributed by atoms with Gasteiger partial charge in [-0.05, 0) is 45.7 Å². The molecule has 0 amide bonds. The number of nitriles is 1. The van der Waals surface area contributed by atoms with Crippen molar-refractivity contribution in [2.24, 2.45) is 0 Å². The Morgan fingerprint density at radius 2 is 2.27 bits per heavy atom. The molecule has 1 rings (SSSR count). The smallest absolute Gasteiger partial charge is 0.110 e. The first-order valence-corrected chi connectivity index (χ1v) is 5.88. The average molecular weight is 223 g/mol. The van der Waals surface area contributed by atoms with Crippen molar-refractivity contribution in [1.29, 1.82) is 5.26 Å².